The average Bonchev–Trinajstić information content (AvgIpc) is 2.93. The molecule has 0 aliphatic rings. The minimum Gasteiger partial charge on any atom is -0.309 e. The molecule has 0 radical (unpaired) electrons. The van der Waals surface area contributed by atoms with E-state index in [2.05, 4.69) is 42.6 Å². The molecule has 108 valence electrons. The molecule has 0 saturated heterocycles. The molecule has 1 atom stereocenters. The summed E-state index contributed by atoms with van der Waals surface area (Å²) in [6, 6.07) is 17.8. The second kappa shape index (κ2) is 6.37. The molecule has 3 rings (SSSR count). The molecule has 0 aliphatic heterocycles. The van der Waals surface area contributed by atoms with Crippen LogP contribution in [0.2, 0.25) is 0 Å². The van der Waals surface area contributed by atoms with E-state index in [1.165, 1.54) is 27.1 Å². The van der Waals surface area contributed by atoms with Gasteiger partial charge in [0.05, 0.1) is 0 Å². The predicted octanol–water partition coefficient (Wildman–Crippen LogP) is 4.93. The molecule has 0 amide bonds. The van der Waals surface area contributed by atoms with E-state index in [0.29, 0.717) is 0 Å². The highest BCUT2D eigenvalue weighted by Gasteiger charge is 2.14. The SMILES string of the molecule is CCNC(Cc1ccc(F)cc1)c1cc2ccccc2s1. The molecule has 1 nitrogen and oxygen atoms in total. The lowest BCUT2D eigenvalue weighted by atomic mass is 10.0. The fourth-order valence-corrected chi connectivity index (χ4v) is 3.69. The van der Waals surface area contributed by atoms with Crippen LogP contribution >= 0.6 is 11.3 Å². The molecule has 21 heavy (non-hydrogen) atoms. The molecule has 2 aromatic carbocycles. The van der Waals surface area contributed by atoms with Gasteiger partial charge in [-0.3, -0.25) is 0 Å². The summed E-state index contributed by atoms with van der Waals surface area (Å²) in [5.74, 6) is -0.180. The van der Waals surface area contributed by atoms with Gasteiger partial charge in [0, 0.05) is 15.6 Å². The van der Waals surface area contributed by atoms with Crippen molar-refractivity contribution < 1.29 is 4.39 Å². The van der Waals surface area contributed by atoms with Gasteiger partial charge in [-0.2, -0.15) is 0 Å². The van der Waals surface area contributed by atoms with Crippen LogP contribution in [-0.2, 0) is 6.42 Å². The van der Waals surface area contributed by atoms with E-state index < -0.39 is 0 Å². The average molecular weight is 299 g/mol. The molecular formula is C18H18FNS. The van der Waals surface area contributed by atoms with Gasteiger partial charge < -0.3 is 5.32 Å². The molecule has 0 aliphatic carbocycles. The van der Waals surface area contributed by atoms with Crippen LogP contribution < -0.4 is 5.32 Å². The van der Waals surface area contributed by atoms with E-state index in [-0.39, 0.29) is 11.9 Å². The van der Waals surface area contributed by atoms with Crippen molar-refractivity contribution in [3.63, 3.8) is 0 Å². The zero-order chi connectivity index (χ0) is 14.7. The quantitative estimate of drug-likeness (QED) is 0.704. The van der Waals surface area contributed by atoms with Gasteiger partial charge in [0.2, 0.25) is 0 Å². The molecule has 0 spiro atoms. The molecule has 1 aromatic heterocycles. The maximum atomic E-state index is 13.0. The second-order valence-electron chi connectivity index (χ2n) is 5.13. The largest absolute Gasteiger partial charge is 0.309 e. The number of fused-ring (bicyclic) bond motifs is 1. The van der Waals surface area contributed by atoms with Crippen molar-refractivity contribution in [3.05, 3.63) is 70.9 Å². The fourth-order valence-electron chi connectivity index (χ4n) is 2.55. The van der Waals surface area contributed by atoms with Gasteiger partial charge in [-0.1, -0.05) is 37.3 Å². The maximum absolute atomic E-state index is 13.0. The third-order valence-electron chi connectivity index (χ3n) is 3.59. The van der Waals surface area contributed by atoms with E-state index in [0.717, 1.165) is 18.5 Å². The highest BCUT2D eigenvalue weighted by Crippen LogP contribution is 2.31. The van der Waals surface area contributed by atoms with Crippen LogP contribution in [0.1, 0.15) is 23.4 Å². The highest BCUT2D eigenvalue weighted by atomic mass is 32.1. The third-order valence-corrected chi connectivity index (χ3v) is 4.82. The van der Waals surface area contributed by atoms with E-state index in [9.17, 15) is 4.39 Å². The van der Waals surface area contributed by atoms with Gasteiger partial charge in [-0.15, -0.1) is 11.3 Å². The van der Waals surface area contributed by atoms with Gasteiger partial charge in [-0.05, 0) is 48.2 Å². The number of rotatable bonds is 5. The Balaban J connectivity index is 1.87. The van der Waals surface area contributed by atoms with Crippen LogP contribution in [-0.4, -0.2) is 6.54 Å². The van der Waals surface area contributed by atoms with Crippen molar-refractivity contribution >= 4 is 21.4 Å². The van der Waals surface area contributed by atoms with Crippen molar-refractivity contribution in [1.82, 2.24) is 5.32 Å². The van der Waals surface area contributed by atoms with E-state index in [1.54, 1.807) is 0 Å². The van der Waals surface area contributed by atoms with Crippen LogP contribution in [0.3, 0.4) is 0 Å². The minimum atomic E-state index is -0.180. The maximum Gasteiger partial charge on any atom is 0.123 e. The van der Waals surface area contributed by atoms with Crippen LogP contribution in [0.4, 0.5) is 4.39 Å². The van der Waals surface area contributed by atoms with Crippen LogP contribution in [0.15, 0.2) is 54.6 Å². The Morgan fingerprint density at radius 2 is 1.86 bits per heavy atom. The monoisotopic (exact) mass is 299 g/mol. The van der Waals surface area contributed by atoms with Gasteiger partial charge in [0.1, 0.15) is 5.82 Å². The first-order chi connectivity index (χ1) is 10.3. The topological polar surface area (TPSA) is 12.0 Å². The fraction of sp³-hybridized carbons (Fsp3) is 0.222. The minimum absolute atomic E-state index is 0.180. The van der Waals surface area contributed by atoms with Crippen LogP contribution in [0.25, 0.3) is 10.1 Å². The molecule has 0 bridgehead atoms. The third kappa shape index (κ3) is 3.31. The summed E-state index contributed by atoms with van der Waals surface area (Å²) in [5.41, 5.74) is 1.15. The summed E-state index contributed by atoms with van der Waals surface area (Å²) in [4.78, 5) is 1.34. The lowest BCUT2D eigenvalue weighted by Crippen LogP contribution is -2.22. The number of hydrogen-bond acceptors (Lipinski definition) is 2. The van der Waals surface area contributed by atoms with Crippen molar-refractivity contribution in [1.29, 1.82) is 0 Å². The molecule has 3 aromatic rings. The number of benzene rings is 2. The van der Waals surface area contributed by atoms with Gasteiger partial charge in [0.25, 0.3) is 0 Å². The molecule has 0 fully saturated rings. The standard InChI is InChI=1S/C18H18FNS/c1-2-20-16(11-13-7-9-15(19)10-8-13)18-12-14-5-3-4-6-17(14)21-18/h3-10,12,16,20H,2,11H2,1H3. The predicted molar refractivity (Wildman–Crippen MR) is 88.3 cm³/mol. The molecule has 1 N–H and O–H groups in total. The Bertz CT molecular complexity index is 684. The molecule has 1 unspecified atom stereocenters. The molecule has 0 saturated carbocycles. The van der Waals surface area contributed by atoms with E-state index in [1.807, 2.05) is 23.5 Å². The van der Waals surface area contributed by atoms with Crippen LogP contribution in [0.5, 0.6) is 0 Å². The highest BCUT2D eigenvalue weighted by molar-refractivity contribution is 7.19. The number of likely N-dealkylation sites (N-methyl/N-ethyl adjacent to an activating group) is 1. The summed E-state index contributed by atoms with van der Waals surface area (Å²) in [6.45, 7) is 3.03. The zero-order valence-electron chi connectivity index (χ0n) is 12.0. The summed E-state index contributed by atoms with van der Waals surface area (Å²) >= 11 is 1.83. The number of halogens is 1. The normalized spacial score (nSPS) is 12.7. The van der Waals surface area contributed by atoms with Crippen molar-refractivity contribution in [2.45, 2.75) is 19.4 Å². The Labute approximate surface area is 128 Å². The van der Waals surface area contributed by atoms with Crippen molar-refractivity contribution in [3.8, 4) is 0 Å². The van der Waals surface area contributed by atoms with E-state index in [4.69, 9.17) is 0 Å². The first-order valence-electron chi connectivity index (χ1n) is 7.22. The lowest BCUT2D eigenvalue weighted by molar-refractivity contribution is 0.557. The smallest absolute Gasteiger partial charge is 0.123 e. The van der Waals surface area contributed by atoms with Gasteiger partial charge in [-0.25, -0.2) is 4.39 Å². The van der Waals surface area contributed by atoms with E-state index >= 15 is 0 Å². The summed E-state index contributed by atoms with van der Waals surface area (Å²) in [5, 5.41) is 4.83. The summed E-state index contributed by atoms with van der Waals surface area (Å²) in [6.07, 6.45) is 0.876. The zero-order valence-corrected chi connectivity index (χ0v) is 12.8. The van der Waals surface area contributed by atoms with Crippen molar-refractivity contribution in [2.75, 3.05) is 6.54 Å². The van der Waals surface area contributed by atoms with Gasteiger partial charge in [0.15, 0.2) is 0 Å². The number of hydrogen-bond donors (Lipinski definition) is 1. The molecule has 1 heterocycles. The van der Waals surface area contributed by atoms with Crippen LogP contribution in [0, 0.1) is 5.82 Å². The summed E-state index contributed by atoms with van der Waals surface area (Å²) in [7, 11) is 0. The Morgan fingerprint density at radius 3 is 2.57 bits per heavy atom. The number of thiophene rings is 1. The van der Waals surface area contributed by atoms with Gasteiger partial charge >= 0.3 is 0 Å². The first-order valence-corrected chi connectivity index (χ1v) is 8.04. The second-order valence-corrected chi connectivity index (χ2v) is 6.24. The lowest BCUT2D eigenvalue weighted by Gasteiger charge is -2.16. The van der Waals surface area contributed by atoms with Crippen molar-refractivity contribution in [2.24, 2.45) is 0 Å². The first kappa shape index (κ1) is 14.2. The number of nitrogens with one attached hydrogen (secondary N) is 1. The Morgan fingerprint density at radius 1 is 1.10 bits per heavy atom. The molecular weight excluding hydrogens is 281 g/mol. The summed E-state index contributed by atoms with van der Waals surface area (Å²) < 4.78 is 14.3. The Kier molecular flexibility index (Phi) is 4.32. The Hall–Kier alpha value is -1.71. The molecule has 3 heteroatoms.